The molecule has 0 aliphatic rings. The highest BCUT2D eigenvalue weighted by Gasteiger charge is 2.14. The summed E-state index contributed by atoms with van der Waals surface area (Å²) in [6.45, 7) is 4.68. The highest BCUT2D eigenvalue weighted by atomic mass is 32.2. The van der Waals surface area contributed by atoms with Crippen molar-refractivity contribution >= 4 is 17.7 Å². The van der Waals surface area contributed by atoms with Crippen LogP contribution < -0.4 is 11.2 Å². The van der Waals surface area contributed by atoms with Crippen molar-refractivity contribution in [3.05, 3.63) is 65.2 Å². The molecule has 0 bridgehead atoms. The molecule has 3 rings (SSSR count). The molecule has 0 saturated carbocycles. The molecular weight excluding hydrogens is 358 g/mol. The first-order chi connectivity index (χ1) is 13.1. The molecule has 3 aromatic rings. The van der Waals surface area contributed by atoms with Gasteiger partial charge in [-0.25, -0.2) is 4.68 Å². The highest BCUT2D eigenvalue weighted by molar-refractivity contribution is 7.99. The molecular formula is C20H23N5OS. The van der Waals surface area contributed by atoms with Crippen LogP contribution in [0.5, 0.6) is 0 Å². The summed E-state index contributed by atoms with van der Waals surface area (Å²) < 4.78 is 1.44. The topological polar surface area (TPSA) is 85.8 Å². The molecule has 0 radical (unpaired) electrons. The standard InChI is InChI=1S/C20H23N5OS/c1-14-7-3-5-9-16(14)11-12-22-18(26)13-27-20-24-23-19(25(20)21)17-10-6-4-8-15(17)2/h3-10H,11-13,21H2,1-2H3,(H,22,26). The zero-order valence-corrected chi connectivity index (χ0v) is 16.3. The minimum Gasteiger partial charge on any atom is -0.355 e. The van der Waals surface area contributed by atoms with Gasteiger partial charge in [0.1, 0.15) is 0 Å². The Hall–Kier alpha value is -2.80. The molecule has 0 aliphatic heterocycles. The van der Waals surface area contributed by atoms with Gasteiger partial charge < -0.3 is 11.2 Å². The van der Waals surface area contributed by atoms with Crippen LogP contribution >= 0.6 is 11.8 Å². The van der Waals surface area contributed by atoms with Crippen molar-refractivity contribution in [1.82, 2.24) is 20.2 Å². The van der Waals surface area contributed by atoms with Crippen molar-refractivity contribution in [3.8, 4) is 11.4 Å². The first-order valence-corrected chi connectivity index (χ1v) is 9.75. The normalized spacial score (nSPS) is 10.7. The first-order valence-electron chi connectivity index (χ1n) is 8.76. The van der Waals surface area contributed by atoms with Crippen molar-refractivity contribution < 1.29 is 4.79 Å². The molecule has 7 heteroatoms. The lowest BCUT2D eigenvalue weighted by Gasteiger charge is -2.08. The number of thioether (sulfide) groups is 1. The molecule has 3 N–H and O–H groups in total. The van der Waals surface area contributed by atoms with Gasteiger partial charge in [-0.2, -0.15) is 0 Å². The van der Waals surface area contributed by atoms with E-state index in [2.05, 4.69) is 34.6 Å². The van der Waals surface area contributed by atoms with E-state index in [4.69, 9.17) is 5.84 Å². The molecule has 1 amide bonds. The largest absolute Gasteiger partial charge is 0.355 e. The fourth-order valence-corrected chi connectivity index (χ4v) is 3.48. The van der Waals surface area contributed by atoms with Crippen LogP contribution in [0.4, 0.5) is 0 Å². The van der Waals surface area contributed by atoms with E-state index >= 15 is 0 Å². The van der Waals surface area contributed by atoms with E-state index < -0.39 is 0 Å². The maximum atomic E-state index is 12.1. The van der Waals surface area contributed by atoms with Gasteiger partial charge in [0.15, 0.2) is 5.82 Å². The number of hydrogen-bond acceptors (Lipinski definition) is 5. The number of nitrogens with one attached hydrogen (secondary N) is 1. The SMILES string of the molecule is Cc1ccccc1CCNC(=O)CSc1nnc(-c2ccccc2C)n1N. The van der Waals surface area contributed by atoms with Gasteiger partial charge in [-0.3, -0.25) is 4.79 Å². The summed E-state index contributed by atoms with van der Waals surface area (Å²) in [7, 11) is 0. The Morgan fingerprint density at radius 3 is 2.52 bits per heavy atom. The second-order valence-electron chi connectivity index (χ2n) is 6.31. The minimum absolute atomic E-state index is 0.0472. The molecule has 0 fully saturated rings. The molecule has 0 spiro atoms. The quantitative estimate of drug-likeness (QED) is 0.485. The summed E-state index contributed by atoms with van der Waals surface area (Å²) in [5.74, 6) is 6.92. The Bertz CT molecular complexity index is 938. The molecule has 2 aromatic carbocycles. The monoisotopic (exact) mass is 381 g/mol. The van der Waals surface area contributed by atoms with E-state index in [1.807, 2.05) is 43.3 Å². The number of carbonyl (C=O) groups is 1. The lowest BCUT2D eigenvalue weighted by Crippen LogP contribution is -2.27. The number of benzene rings is 2. The number of nitrogens with zero attached hydrogens (tertiary/aromatic N) is 3. The number of rotatable bonds is 7. The number of aromatic nitrogens is 3. The number of aryl methyl sites for hydroxylation is 2. The van der Waals surface area contributed by atoms with E-state index in [9.17, 15) is 4.79 Å². The highest BCUT2D eigenvalue weighted by Crippen LogP contribution is 2.23. The van der Waals surface area contributed by atoms with E-state index in [0.717, 1.165) is 17.5 Å². The Morgan fingerprint density at radius 1 is 1.07 bits per heavy atom. The average molecular weight is 382 g/mol. The molecule has 27 heavy (non-hydrogen) atoms. The lowest BCUT2D eigenvalue weighted by atomic mass is 10.1. The number of hydrogen-bond donors (Lipinski definition) is 2. The van der Waals surface area contributed by atoms with E-state index in [0.29, 0.717) is 17.5 Å². The van der Waals surface area contributed by atoms with E-state index in [1.54, 1.807) is 0 Å². The van der Waals surface area contributed by atoms with E-state index in [1.165, 1.54) is 27.6 Å². The van der Waals surface area contributed by atoms with Gasteiger partial charge in [0.25, 0.3) is 0 Å². The van der Waals surface area contributed by atoms with Crippen molar-refractivity contribution in [2.75, 3.05) is 18.1 Å². The Kier molecular flexibility index (Phi) is 6.13. The molecule has 140 valence electrons. The van der Waals surface area contributed by atoms with Gasteiger partial charge in [-0.15, -0.1) is 10.2 Å². The van der Waals surface area contributed by atoms with Crippen molar-refractivity contribution in [2.45, 2.75) is 25.4 Å². The maximum Gasteiger partial charge on any atom is 0.230 e. The maximum absolute atomic E-state index is 12.1. The molecule has 6 nitrogen and oxygen atoms in total. The summed E-state index contributed by atoms with van der Waals surface area (Å²) in [4.78, 5) is 12.1. The van der Waals surface area contributed by atoms with E-state index in [-0.39, 0.29) is 11.7 Å². The average Bonchev–Trinajstić information content (AvgIpc) is 3.02. The summed E-state index contributed by atoms with van der Waals surface area (Å²) in [5.41, 5.74) is 4.49. The first kappa shape index (κ1) is 19.0. The van der Waals surface area contributed by atoms with Crippen LogP contribution in [-0.4, -0.2) is 33.1 Å². The van der Waals surface area contributed by atoms with Gasteiger partial charge in [0.2, 0.25) is 11.1 Å². The van der Waals surface area contributed by atoms with Crippen LogP contribution in [0.25, 0.3) is 11.4 Å². The minimum atomic E-state index is -0.0472. The summed E-state index contributed by atoms with van der Waals surface area (Å²) in [5, 5.41) is 11.7. The molecule has 0 aliphatic carbocycles. The van der Waals surface area contributed by atoms with Crippen LogP contribution in [0.2, 0.25) is 0 Å². The Morgan fingerprint density at radius 2 is 1.78 bits per heavy atom. The fraction of sp³-hybridized carbons (Fsp3) is 0.250. The zero-order chi connectivity index (χ0) is 19.2. The van der Waals surface area contributed by atoms with Crippen LogP contribution in [0, 0.1) is 13.8 Å². The van der Waals surface area contributed by atoms with Crippen molar-refractivity contribution in [2.24, 2.45) is 0 Å². The van der Waals surface area contributed by atoms with Gasteiger partial charge in [-0.1, -0.05) is 60.3 Å². The summed E-state index contributed by atoms with van der Waals surface area (Å²) in [6, 6.07) is 16.0. The molecule has 0 atom stereocenters. The number of amides is 1. The van der Waals surface area contributed by atoms with Crippen LogP contribution in [0.15, 0.2) is 53.7 Å². The predicted molar refractivity (Wildman–Crippen MR) is 109 cm³/mol. The van der Waals surface area contributed by atoms with Gasteiger partial charge in [0.05, 0.1) is 5.75 Å². The number of carbonyl (C=O) groups excluding carboxylic acids is 1. The smallest absolute Gasteiger partial charge is 0.230 e. The Labute approximate surface area is 163 Å². The molecule has 0 saturated heterocycles. The summed E-state index contributed by atoms with van der Waals surface area (Å²) in [6.07, 6.45) is 0.813. The molecule has 1 heterocycles. The zero-order valence-electron chi connectivity index (χ0n) is 15.5. The predicted octanol–water partition coefficient (Wildman–Crippen LogP) is 2.73. The summed E-state index contributed by atoms with van der Waals surface area (Å²) >= 11 is 1.28. The van der Waals surface area contributed by atoms with Gasteiger partial charge in [-0.05, 0) is 37.0 Å². The Balaban J connectivity index is 1.52. The number of nitrogens with two attached hydrogens (primary N) is 1. The third-order valence-corrected chi connectivity index (χ3v) is 5.30. The lowest BCUT2D eigenvalue weighted by molar-refractivity contribution is -0.118. The second-order valence-corrected chi connectivity index (χ2v) is 7.25. The third-order valence-electron chi connectivity index (χ3n) is 4.36. The van der Waals surface area contributed by atoms with Crippen LogP contribution in [0.1, 0.15) is 16.7 Å². The van der Waals surface area contributed by atoms with Crippen molar-refractivity contribution in [1.29, 1.82) is 0 Å². The van der Waals surface area contributed by atoms with Crippen LogP contribution in [0.3, 0.4) is 0 Å². The van der Waals surface area contributed by atoms with Gasteiger partial charge >= 0.3 is 0 Å². The van der Waals surface area contributed by atoms with Crippen LogP contribution in [-0.2, 0) is 11.2 Å². The second kappa shape index (κ2) is 8.73. The third kappa shape index (κ3) is 4.68. The molecule has 1 aromatic heterocycles. The van der Waals surface area contributed by atoms with Gasteiger partial charge in [0, 0.05) is 12.1 Å². The molecule has 0 unspecified atom stereocenters. The fourth-order valence-electron chi connectivity index (χ4n) is 2.79. The van der Waals surface area contributed by atoms with Crippen molar-refractivity contribution in [3.63, 3.8) is 0 Å². The number of nitrogen functional groups attached to an aromatic ring is 1.